The lowest BCUT2D eigenvalue weighted by molar-refractivity contribution is -0.197. The van der Waals surface area contributed by atoms with Crippen LogP contribution in [0.5, 0.6) is 0 Å². The van der Waals surface area contributed by atoms with Gasteiger partial charge in [-0.1, -0.05) is 6.92 Å². The number of rotatable bonds is 0. The number of carbonyl (C=O) groups excluding carboxylic acids is 1. The molecule has 3 nitrogen and oxygen atoms in total. The third-order valence-corrected chi connectivity index (χ3v) is 3.20. The summed E-state index contributed by atoms with van der Waals surface area (Å²) in [7, 11) is 0. The van der Waals surface area contributed by atoms with Crippen LogP contribution in [0.15, 0.2) is 0 Å². The zero-order chi connectivity index (χ0) is 8.72. The van der Waals surface area contributed by atoms with Gasteiger partial charge in [0.1, 0.15) is 0 Å². The Kier molecular flexibility index (Phi) is 1.83. The quantitative estimate of drug-likeness (QED) is 0.550. The fourth-order valence-electron chi connectivity index (χ4n) is 2.55. The topological polar surface area (TPSA) is 46.5 Å². The molecule has 1 aliphatic carbocycles. The predicted octanol–water partition coefficient (Wildman–Crippen LogP) is 0.914. The third-order valence-electron chi connectivity index (χ3n) is 3.20. The molecule has 1 saturated carbocycles. The minimum Gasteiger partial charge on any atom is -0.436 e. The highest BCUT2D eigenvalue weighted by atomic mass is 16.6. The van der Waals surface area contributed by atoms with Gasteiger partial charge in [-0.2, -0.15) is 0 Å². The number of cyclic esters (lactones) is 1. The van der Waals surface area contributed by atoms with Crippen molar-refractivity contribution in [2.45, 2.75) is 32.5 Å². The Morgan fingerprint density at radius 1 is 1.50 bits per heavy atom. The molecule has 4 unspecified atom stereocenters. The molecular formula is C9H14O3. The first-order valence-electron chi connectivity index (χ1n) is 4.56. The summed E-state index contributed by atoms with van der Waals surface area (Å²) in [6.07, 6.45) is 1.85. The summed E-state index contributed by atoms with van der Waals surface area (Å²) in [5.74, 6) is 0.829. The molecule has 1 saturated heterocycles. The Labute approximate surface area is 71.7 Å². The number of aliphatic hydroxyl groups excluding tert-OH is 1. The van der Waals surface area contributed by atoms with Gasteiger partial charge in [0, 0.05) is 12.3 Å². The first kappa shape index (κ1) is 8.05. The highest BCUT2D eigenvalue weighted by Gasteiger charge is 2.44. The van der Waals surface area contributed by atoms with Crippen molar-refractivity contribution in [1.29, 1.82) is 0 Å². The summed E-state index contributed by atoms with van der Waals surface area (Å²) in [4.78, 5) is 10.9. The molecule has 68 valence electrons. The van der Waals surface area contributed by atoms with Gasteiger partial charge in [0.05, 0.1) is 0 Å². The van der Waals surface area contributed by atoms with Crippen LogP contribution < -0.4 is 0 Å². The van der Waals surface area contributed by atoms with Gasteiger partial charge in [-0.15, -0.1) is 0 Å². The Morgan fingerprint density at radius 3 is 3.00 bits per heavy atom. The van der Waals surface area contributed by atoms with Crippen molar-refractivity contribution in [2.75, 3.05) is 0 Å². The van der Waals surface area contributed by atoms with Gasteiger partial charge in [-0.25, -0.2) is 0 Å². The maximum absolute atomic E-state index is 10.9. The molecule has 0 amide bonds. The second kappa shape index (κ2) is 2.73. The van der Waals surface area contributed by atoms with Crippen molar-refractivity contribution in [3.63, 3.8) is 0 Å². The van der Waals surface area contributed by atoms with Crippen molar-refractivity contribution in [1.82, 2.24) is 0 Å². The summed E-state index contributed by atoms with van der Waals surface area (Å²) in [5, 5.41) is 9.48. The molecule has 1 aliphatic heterocycles. The van der Waals surface area contributed by atoms with E-state index < -0.39 is 6.29 Å². The van der Waals surface area contributed by atoms with E-state index >= 15 is 0 Å². The molecule has 0 aromatic heterocycles. The number of hydrogen-bond acceptors (Lipinski definition) is 3. The number of esters is 1. The fourth-order valence-corrected chi connectivity index (χ4v) is 2.55. The molecule has 0 aromatic rings. The molecule has 0 radical (unpaired) electrons. The average molecular weight is 170 g/mol. The Bertz CT molecular complexity index is 202. The molecule has 2 fully saturated rings. The number of aliphatic hydroxyl groups is 1. The molecule has 0 bridgehead atoms. The van der Waals surface area contributed by atoms with E-state index in [0.29, 0.717) is 18.3 Å². The minimum absolute atomic E-state index is 0.197. The maximum atomic E-state index is 10.9. The van der Waals surface area contributed by atoms with E-state index in [0.717, 1.165) is 12.8 Å². The van der Waals surface area contributed by atoms with Gasteiger partial charge < -0.3 is 9.84 Å². The molecule has 0 aromatic carbocycles. The van der Waals surface area contributed by atoms with Crippen LogP contribution in [0.1, 0.15) is 26.2 Å². The monoisotopic (exact) mass is 170 g/mol. The molecular weight excluding hydrogens is 156 g/mol. The van der Waals surface area contributed by atoms with Crippen LogP contribution in [0, 0.1) is 17.8 Å². The van der Waals surface area contributed by atoms with E-state index in [1.54, 1.807) is 0 Å². The number of carbonyl (C=O) groups is 1. The van der Waals surface area contributed by atoms with E-state index in [-0.39, 0.29) is 11.9 Å². The molecule has 2 aliphatic rings. The van der Waals surface area contributed by atoms with Gasteiger partial charge in [0.15, 0.2) is 0 Å². The minimum atomic E-state index is -0.839. The van der Waals surface area contributed by atoms with Crippen molar-refractivity contribution in [3.8, 4) is 0 Å². The van der Waals surface area contributed by atoms with Crippen LogP contribution >= 0.6 is 0 Å². The van der Waals surface area contributed by atoms with E-state index in [4.69, 9.17) is 4.74 Å². The first-order chi connectivity index (χ1) is 5.68. The summed E-state index contributed by atoms with van der Waals surface area (Å²) >= 11 is 0. The molecule has 3 heteroatoms. The predicted molar refractivity (Wildman–Crippen MR) is 42.1 cm³/mol. The summed E-state index contributed by atoms with van der Waals surface area (Å²) in [6, 6.07) is 0. The van der Waals surface area contributed by atoms with Crippen LogP contribution in [0.25, 0.3) is 0 Å². The van der Waals surface area contributed by atoms with E-state index in [1.165, 1.54) is 0 Å². The zero-order valence-corrected chi connectivity index (χ0v) is 7.19. The van der Waals surface area contributed by atoms with Crippen molar-refractivity contribution in [3.05, 3.63) is 0 Å². The summed E-state index contributed by atoms with van der Waals surface area (Å²) in [6.45, 7) is 2.12. The summed E-state index contributed by atoms with van der Waals surface area (Å²) in [5.41, 5.74) is 0. The molecule has 1 N–H and O–H groups in total. The lowest BCUT2D eigenvalue weighted by Crippen LogP contribution is -2.38. The van der Waals surface area contributed by atoms with E-state index in [2.05, 4.69) is 6.92 Å². The highest BCUT2D eigenvalue weighted by molar-refractivity contribution is 5.70. The van der Waals surface area contributed by atoms with E-state index in [9.17, 15) is 9.90 Å². The largest absolute Gasteiger partial charge is 0.436 e. The molecule has 0 spiro atoms. The van der Waals surface area contributed by atoms with Gasteiger partial charge >= 0.3 is 5.97 Å². The highest BCUT2D eigenvalue weighted by Crippen LogP contribution is 2.43. The molecule has 2 rings (SSSR count). The van der Waals surface area contributed by atoms with Crippen molar-refractivity contribution in [2.24, 2.45) is 17.8 Å². The van der Waals surface area contributed by atoms with Gasteiger partial charge in [-0.3, -0.25) is 4.79 Å². The zero-order valence-electron chi connectivity index (χ0n) is 7.19. The second-order valence-electron chi connectivity index (χ2n) is 3.98. The molecule has 1 heterocycles. The summed E-state index contributed by atoms with van der Waals surface area (Å²) < 4.78 is 4.79. The molecule has 12 heavy (non-hydrogen) atoms. The fraction of sp³-hybridized carbons (Fsp3) is 0.889. The van der Waals surface area contributed by atoms with Gasteiger partial charge in [-0.05, 0) is 24.7 Å². The van der Waals surface area contributed by atoms with Gasteiger partial charge in [0.25, 0.3) is 0 Å². The van der Waals surface area contributed by atoms with Crippen molar-refractivity contribution >= 4 is 5.97 Å². The number of ether oxygens (including phenoxy) is 1. The van der Waals surface area contributed by atoms with E-state index in [1.807, 2.05) is 0 Å². The second-order valence-corrected chi connectivity index (χ2v) is 3.98. The first-order valence-corrected chi connectivity index (χ1v) is 4.56. The van der Waals surface area contributed by atoms with Crippen LogP contribution in [-0.4, -0.2) is 17.4 Å². The van der Waals surface area contributed by atoms with Crippen LogP contribution in [0.4, 0.5) is 0 Å². The van der Waals surface area contributed by atoms with Crippen molar-refractivity contribution < 1.29 is 14.6 Å². The Balaban J connectivity index is 2.14. The van der Waals surface area contributed by atoms with Crippen LogP contribution in [0.3, 0.4) is 0 Å². The third kappa shape index (κ3) is 1.12. The smallest absolute Gasteiger partial charge is 0.308 e. The average Bonchev–Trinajstić information content (AvgIpc) is 2.31. The van der Waals surface area contributed by atoms with Crippen LogP contribution in [0.2, 0.25) is 0 Å². The molecule has 4 atom stereocenters. The van der Waals surface area contributed by atoms with Gasteiger partial charge in [0.2, 0.25) is 6.29 Å². The number of fused-ring (bicyclic) bond motifs is 1. The standard InChI is InChI=1S/C9H14O3/c1-5-2-3-6-4-7(10)12-9(11)8(5)6/h5-6,8-9,11H,2-4H2,1H3. The van der Waals surface area contributed by atoms with Crippen LogP contribution in [-0.2, 0) is 9.53 Å². The lowest BCUT2D eigenvalue weighted by Gasteiger charge is -2.31. The number of hydrogen-bond donors (Lipinski definition) is 1. The SMILES string of the molecule is CC1CCC2CC(=O)OC(O)C12. The lowest BCUT2D eigenvalue weighted by atomic mass is 9.86. The maximum Gasteiger partial charge on any atom is 0.308 e. The Hall–Kier alpha value is -0.570. The normalized spacial score (nSPS) is 47.0. The Morgan fingerprint density at radius 2 is 2.25 bits per heavy atom.